The maximum absolute atomic E-state index is 6.45. The summed E-state index contributed by atoms with van der Waals surface area (Å²) in [5.74, 6) is 1.96. The molecule has 5 rings (SSSR count). The van der Waals surface area contributed by atoms with Gasteiger partial charge >= 0.3 is 11.3 Å². The van der Waals surface area contributed by atoms with Gasteiger partial charge in [0.1, 0.15) is 5.75 Å². The Morgan fingerprint density at radius 3 is 2.55 bits per heavy atom. The van der Waals surface area contributed by atoms with Gasteiger partial charge in [-0.05, 0) is 73.1 Å². The monoisotopic (exact) mass is 381 g/mol. The van der Waals surface area contributed by atoms with Gasteiger partial charge in [0.25, 0.3) is 0 Å². The second-order valence-electron chi connectivity index (χ2n) is 7.75. The number of fused-ring (bicyclic) bond motifs is 4. The van der Waals surface area contributed by atoms with Crippen molar-refractivity contribution < 1.29 is 9.15 Å². The highest BCUT2D eigenvalue weighted by atomic mass is 16.5. The van der Waals surface area contributed by atoms with Crippen molar-refractivity contribution in [2.75, 3.05) is 7.11 Å². The minimum Gasteiger partial charge on any atom is -0.497 e. The first-order valence-corrected chi connectivity index (χ1v) is 10.4. The van der Waals surface area contributed by atoms with Gasteiger partial charge in [0, 0.05) is 6.07 Å². The first-order valence-electron chi connectivity index (χ1n) is 10.4. The Morgan fingerprint density at radius 2 is 1.69 bits per heavy atom. The van der Waals surface area contributed by atoms with E-state index in [0.29, 0.717) is 0 Å². The molecule has 0 radical (unpaired) electrons. The van der Waals surface area contributed by atoms with Gasteiger partial charge in [-0.15, -0.1) is 0 Å². The molecule has 1 aromatic heterocycles. The normalized spacial score (nSPS) is 12.4. The number of hydrogen-bond donors (Lipinski definition) is 0. The number of benzene rings is 3. The lowest BCUT2D eigenvalue weighted by molar-refractivity contribution is 0.414. The van der Waals surface area contributed by atoms with Gasteiger partial charge < -0.3 is 4.74 Å². The third-order valence-corrected chi connectivity index (χ3v) is 6.00. The fourth-order valence-corrected chi connectivity index (χ4v) is 4.54. The predicted molar refractivity (Wildman–Crippen MR) is 118 cm³/mol. The van der Waals surface area contributed by atoms with Gasteiger partial charge in [-0.25, -0.2) is 4.42 Å². The molecule has 29 heavy (non-hydrogen) atoms. The number of ether oxygens (including phenoxy) is 1. The zero-order chi connectivity index (χ0) is 19.6. The van der Waals surface area contributed by atoms with E-state index in [1.807, 2.05) is 6.07 Å². The molecular weight excluding hydrogens is 356 g/mol. The van der Waals surface area contributed by atoms with Crippen molar-refractivity contribution in [3.8, 4) is 17.1 Å². The summed E-state index contributed by atoms with van der Waals surface area (Å²) in [5, 5.41) is 1.26. The lowest BCUT2D eigenvalue weighted by Gasteiger charge is -2.17. The molecule has 1 aliphatic carbocycles. The van der Waals surface area contributed by atoms with E-state index in [2.05, 4.69) is 66.7 Å². The number of para-hydroxylation sites is 1. The molecule has 0 saturated carbocycles. The SMILES string of the molecule is COc1ccc2c(c1)CCc1c-2[o+]c2ccccc2c1CCCc1ccccc1. The van der Waals surface area contributed by atoms with Crippen LogP contribution in [-0.2, 0) is 25.7 Å². The second kappa shape index (κ2) is 7.71. The van der Waals surface area contributed by atoms with Gasteiger partial charge in [0.2, 0.25) is 0 Å². The Labute approximate surface area is 171 Å². The van der Waals surface area contributed by atoms with Crippen LogP contribution in [0, 0.1) is 0 Å². The number of hydrogen-bond acceptors (Lipinski definition) is 1. The van der Waals surface area contributed by atoms with Crippen molar-refractivity contribution in [3.63, 3.8) is 0 Å². The quantitative estimate of drug-likeness (QED) is 0.360. The zero-order valence-corrected chi connectivity index (χ0v) is 16.8. The van der Waals surface area contributed by atoms with E-state index in [4.69, 9.17) is 9.15 Å². The fraction of sp³-hybridized carbons (Fsp3) is 0.222. The summed E-state index contributed by atoms with van der Waals surface area (Å²) in [6, 6.07) is 25.6. The highest BCUT2D eigenvalue weighted by Gasteiger charge is 2.31. The van der Waals surface area contributed by atoms with Crippen molar-refractivity contribution in [2.45, 2.75) is 32.1 Å². The molecule has 1 aliphatic rings. The molecule has 144 valence electrons. The minimum absolute atomic E-state index is 0.913. The summed E-state index contributed by atoms with van der Waals surface area (Å²) in [6.45, 7) is 0. The average Bonchev–Trinajstić information content (AvgIpc) is 2.78. The maximum Gasteiger partial charge on any atom is 0.364 e. The summed E-state index contributed by atoms with van der Waals surface area (Å²) in [5.41, 5.74) is 7.75. The molecule has 0 atom stereocenters. The molecule has 1 heterocycles. The molecule has 4 aromatic rings. The molecule has 0 amide bonds. The standard InChI is InChI=1S/C27H25O2/c1-28-21-15-17-22-20(18-21)14-16-25-23(12-7-10-19-8-3-2-4-9-19)24-11-5-6-13-26(24)29-27(22)25/h2-6,8-9,11,13,15,17-18H,7,10,12,14,16H2,1H3/q+1. The van der Waals surface area contributed by atoms with Crippen LogP contribution in [0.5, 0.6) is 5.75 Å². The topological polar surface area (TPSA) is 20.5 Å². The maximum atomic E-state index is 6.45. The van der Waals surface area contributed by atoms with Crippen molar-refractivity contribution in [2.24, 2.45) is 0 Å². The molecule has 2 heteroatoms. The lowest BCUT2D eigenvalue weighted by Crippen LogP contribution is -2.08. The van der Waals surface area contributed by atoms with Gasteiger partial charge in [-0.2, -0.15) is 0 Å². The Kier molecular flexibility index (Phi) is 4.77. The van der Waals surface area contributed by atoms with E-state index >= 15 is 0 Å². The number of methoxy groups -OCH3 is 1. The van der Waals surface area contributed by atoms with Crippen LogP contribution in [0.4, 0.5) is 0 Å². The highest BCUT2D eigenvalue weighted by molar-refractivity contribution is 5.86. The van der Waals surface area contributed by atoms with Crippen LogP contribution in [0.25, 0.3) is 22.3 Å². The van der Waals surface area contributed by atoms with Gasteiger partial charge in [0.15, 0.2) is 0 Å². The molecule has 0 bridgehead atoms. The minimum atomic E-state index is 0.913. The molecule has 2 nitrogen and oxygen atoms in total. The lowest BCUT2D eigenvalue weighted by atomic mass is 9.85. The Bertz CT molecular complexity index is 1160. The molecule has 0 unspecified atom stereocenters. The van der Waals surface area contributed by atoms with Crippen molar-refractivity contribution in [1.82, 2.24) is 0 Å². The van der Waals surface area contributed by atoms with Gasteiger partial charge in [-0.1, -0.05) is 42.5 Å². The largest absolute Gasteiger partial charge is 0.497 e. The van der Waals surface area contributed by atoms with E-state index < -0.39 is 0 Å². The molecule has 0 aliphatic heterocycles. The molecule has 0 saturated heterocycles. The Hall–Kier alpha value is -3.13. The molecule has 0 N–H and O–H groups in total. The van der Waals surface area contributed by atoms with E-state index in [0.717, 1.165) is 49.2 Å². The number of aryl methyl sites for hydroxylation is 3. The van der Waals surface area contributed by atoms with Crippen LogP contribution in [0.15, 0.2) is 77.2 Å². The van der Waals surface area contributed by atoms with Crippen LogP contribution >= 0.6 is 0 Å². The first-order chi connectivity index (χ1) is 14.3. The smallest absolute Gasteiger partial charge is 0.364 e. The highest BCUT2D eigenvalue weighted by Crippen LogP contribution is 2.40. The number of rotatable bonds is 5. The molecular formula is C27H25O2+. The fourth-order valence-electron chi connectivity index (χ4n) is 4.54. The molecule has 3 aromatic carbocycles. The summed E-state index contributed by atoms with van der Waals surface area (Å²) in [7, 11) is 1.72. The second-order valence-corrected chi connectivity index (χ2v) is 7.75. The van der Waals surface area contributed by atoms with Gasteiger partial charge in [-0.3, -0.25) is 0 Å². The summed E-state index contributed by atoms with van der Waals surface area (Å²) < 4.78 is 11.9. The van der Waals surface area contributed by atoms with E-state index in [-0.39, 0.29) is 0 Å². The van der Waals surface area contributed by atoms with Crippen molar-refractivity contribution in [1.29, 1.82) is 0 Å². The predicted octanol–water partition coefficient (Wildman–Crippen LogP) is 6.66. The third-order valence-electron chi connectivity index (χ3n) is 6.00. The summed E-state index contributed by atoms with van der Waals surface area (Å²) in [4.78, 5) is 0. The van der Waals surface area contributed by atoms with Crippen LogP contribution in [0.3, 0.4) is 0 Å². The van der Waals surface area contributed by atoms with Crippen LogP contribution in [-0.4, -0.2) is 7.11 Å². The van der Waals surface area contributed by atoms with Gasteiger partial charge in [0.05, 0.1) is 23.6 Å². The molecule has 0 fully saturated rings. The average molecular weight is 381 g/mol. The Morgan fingerprint density at radius 1 is 0.862 bits per heavy atom. The zero-order valence-electron chi connectivity index (χ0n) is 16.8. The van der Waals surface area contributed by atoms with Crippen LogP contribution < -0.4 is 4.74 Å². The summed E-state index contributed by atoms with van der Waals surface area (Å²) >= 11 is 0. The van der Waals surface area contributed by atoms with E-state index in [9.17, 15) is 0 Å². The van der Waals surface area contributed by atoms with Crippen molar-refractivity contribution >= 4 is 11.0 Å². The van der Waals surface area contributed by atoms with E-state index in [1.54, 1.807) is 7.11 Å². The van der Waals surface area contributed by atoms with Crippen LogP contribution in [0.1, 0.15) is 28.7 Å². The van der Waals surface area contributed by atoms with Crippen molar-refractivity contribution in [3.05, 3.63) is 95.1 Å². The van der Waals surface area contributed by atoms with Crippen LogP contribution in [0.2, 0.25) is 0 Å². The van der Waals surface area contributed by atoms with E-state index in [1.165, 1.54) is 33.2 Å². The molecule has 0 spiro atoms. The first kappa shape index (κ1) is 17.9. The summed E-state index contributed by atoms with van der Waals surface area (Å²) in [6.07, 6.45) is 5.35. The Balaban J connectivity index is 1.56. The third kappa shape index (κ3) is 3.40.